The highest BCUT2D eigenvalue weighted by Crippen LogP contribution is 2.21. The zero-order valence-electron chi connectivity index (χ0n) is 10.6. The number of aryl methyl sites for hydroxylation is 2. The third-order valence-electron chi connectivity index (χ3n) is 3.47. The summed E-state index contributed by atoms with van der Waals surface area (Å²) >= 11 is 0. The number of hydrogen-bond donors (Lipinski definition) is 2. The summed E-state index contributed by atoms with van der Waals surface area (Å²) in [5.41, 5.74) is 3.31. The Hall–Kier alpha value is -0.900. The zero-order valence-corrected chi connectivity index (χ0v) is 10.6. The molecule has 0 saturated carbocycles. The SMILES string of the molecule is Cc1ccc(C)c(C(O)CN2CCC(O)C2)c1. The Balaban J connectivity index is 2.04. The molecule has 2 rings (SSSR count). The average Bonchev–Trinajstić information content (AvgIpc) is 2.67. The Bertz CT molecular complexity index is 392. The normalized spacial score (nSPS) is 22.9. The highest BCUT2D eigenvalue weighted by Gasteiger charge is 2.23. The average molecular weight is 235 g/mol. The maximum Gasteiger partial charge on any atom is 0.0919 e. The predicted octanol–water partition coefficient (Wildman–Crippen LogP) is 1.40. The molecule has 1 aromatic rings. The monoisotopic (exact) mass is 235 g/mol. The van der Waals surface area contributed by atoms with Gasteiger partial charge in [0.05, 0.1) is 12.2 Å². The summed E-state index contributed by atoms with van der Waals surface area (Å²) < 4.78 is 0. The lowest BCUT2D eigenvalue weighted by atomic mass is 10.0. The zero-order chi connectivity index (χ0) is 12.4. The lowest BCUT2D eigenvalue weighted by Crippen LogP contribution is -2.27. The van der Waals surface area contributed by atoms with Crippen molar-refractivity contribution in [2.75, 3.05) is 19.6 Å². The van der Waals surface area contributed by atoms with E-state index in [1.165, 1.54) is 5.56 Å². The summed E-state index contributed by atoms with van der Waals surface area (Å²) in [5.74, 6) is 0. The molecule has 2 atom stereocenters. The van der Waals surface area contributed by atoms with Gasteiger partial charge in [0.1, 0.15) is 0 Å². The number of likely N-dealkylation sites (tertiary alicyclic amines) is 1. The van der Waals surface area contributed by atoms with Crippen molar-refractivity contribution >= 4 is 0 Å². The first-order chi connectivity index (χ1) is 8.06. The van der Waals surface area contributed by atoms with E-state index in [1.807, 2.05) is 26.0 Å². The molecule has 1 aliphatic heterocycles. The molecule has 1 fully saturated rings. The van der Waals surface area contributed by atoms with Crippen LogP contribution in [-0.4, -0.2) is 40.9 Å². The molecule has 2 N–H and O–H groups in total. The van der Waals surface area contributed by atoms with Crippen LogP contribution in [0.1, 0.15) is 29.2 Å². The third-order valence-corrected chi connectivity index (χ3v) is 3.47. The summed E-state index contributed by atoms with van der Waals surface area (Å²) in [6.07, 6.45) is 0.139. The van der Waals surface area contributed by atoms with Crippen LogP contribution in [0.5, 0.6) is 0 Å². The smallest absolute Gasteiger partial charge is 0.0919 e. The first-order valence-corrected chi connectivity index (χ1v) is 6.22. The predicted molar refractivity (Wildman–Crippen MR) is 67.9 cm³/mol. The minimum atomic E-state index is -0.458. The summed E-state index contributed by atoms with van der Waals surface area (Å²) in [4.78, 5) is 2.12. The largest absolute Gasteiger partial charge is 0.392 e. The van der Waals surface area contributed by atoms with Gasteiger partial charge in [-0.05, 0) is 31.4 Å². The van der Waals surface area contributed by atoms with Gasteiger partial charge in [-0.2, -0.15) is 0 Å². The fourth-order valence-electron chi connectivity index (χ4n) is 2.44. The fourth-order valence-corrected chi connectivity index (χ4v) is 2.44. The summed E-state index contributed by atoms with van der Waals surface area (Å²) in [5, 5.41) is 19.7. The van der Waals surface area contributed by atoms with E-state index in [0.717, 1.165) is 24.1 Å². The third kappa shape index (κ3) is 3.06. The highest BCUT2D eigenvalue weighted by molar-refractivity contribution is 5.32. The van der Waals surface area contributed by atoms with E-state index >= 15 is 0 Å². The van der Waals surface area contributed by atoms with Crippen molar-refractivity contribution in [2.24, 2.45) is 0 Å². The Morgan fingerprint density at radius 3 is 2.82 bits per heavy atom. The number of hydrogen-bond acceptors (Lipinski definition) is 3. The number of β-amino-alcohol motifs (C(OH)–C–C–N with tert-alkyl or cyclic N) is 2. The quantitative estimate of drug-likeness (QED) is 0.832. The van der Waals surface area contributed by atoms with Gasteiger partial charge in [-0.15, -0.1) is 0 Å². The number of nitrogens with zero attached hydrogens (tertiary/aromatic N) is 1. The molecule has 94 valence electrons. The first kappa shape index (κ1) is 12.6. The number of benzene rings is 1. The standard InChI is InChI=1S/C14H21NO2/c1-10-3-4-11(2)13(7-10)14(17)9-15-6-5-12(16)8-15/h3-4,7,12,14,16-17H,5-6,8-9H2,1-2H3. The molecule has 0 radical (unpaired) electrons. The van der Waals surface area contributed by atoms with E-state index in [9.17, 15) is 10.2 Å². The van der Waals surface area contributed by atoms with Crippen LogP contribution in [-0.2, 0) is 0 Å². The van der Waals surface area contributed by atoms with E-state index in [0.29, 0.717) is 13.1 Å². The van der Waals surface area contributed by atoms with Crippen molar-refractivity contribution in [3.63, 3.8) is 0 Å². The molecule has 1 heterocycles. The maximum absolute atomic E-state index is 10.2. The minimum Gasteiger partial charge on any atom is -0.392 e. The molecule has 0 bridgehead atoms. The van der Waals surface area contributed by atoms with Crippen LogP contribution >= 0.6 is 0 Å². The highest BCUT2D eigenvalue weighted by atomic mass is 16.3. The van der Waals surface area contributed by atoms with Crippen molar-refractivity contribution in [2.45, 2.75) is 32.5 Å². The molecule has 1 aromatic carbocycles. The van der Waals surface area contributed by atoms with Crippen molar-refractivity contribution in [1.82, 2.24) is 4.90 Å². The van der Waals surface area contributed by atoms with Gasteiger partial charge in [0.15, 0.2) is 0 Å². The molecule has 1 saturated heterocycles. The number of rotatable bonds is 3. The van der Waals surface area contributed by atoms with Crippen LogP contribution in [0.4, 0.5) is 0 Å². The number of aliphatic hydroxyl groups excluding tert-OH is 2. The molecular formula is C14H21NO2. The van der Waals surface area contributed by atoms with Crippen LogP contribution in [0.3, 0.4) is 0 Å². The summed E-state index contributed by atoms with van der Waals surface area (Å²) in [6, 6.07) is 6.16. The molecule has 0 aromatic heterocycles. The van der Waals surface area contributed by atoms with Gasteiger partial charge in [0.2, 0.25) is 0 Å². The second kappa shape index (κ2) is 5.17. The molecule has 0 aliphatic carbocycles. The Labute approximate surface area is 103 Å². The van der Waals surface area contributed by atoms with Gasteiger partial charge < -0.3 is 10.2 Å². The summed E-state index contributed by atoms with van der Waals surface area (Å²) in [6.45, 7) is 6.23. The van der Waals surface area contributed by atoms with Gasteiger partial charge in [-0.1, -0.05) is 23.8 Å². The van der Waals surface area contributed by atoms with Gasteiger partial charge in [-0.25, -0.2) is 0 Å². The molecule has 17 heavy (non-hydrogen) atoms. The van der Waals surface area contributed by atoms with Crippen molar-refractivity contribution in [3.8, 4) is 0 Å². The molecule has 0 amide bonds. The topological polar surface area (TPSA) is 43.7 Å². The molecule has 1 aliphatic rings. The van der Waals surface area contributed by atoms with Crippen LogP contribution in [0.25, 0.3) is 0 Å². The number of aliphatic hydroxyl groups is 2. The summed E-state index contributed by atoms with van der Waals surface area (Å²) in [7, 11) is 0. The van der Waals surface area contributed by atoms with Gasteiger partial charge in [0, 0.05) is 19.6 Å². The van der Waals surface area contributed by atoms with Gasteiger partial charge >= 0.3 is 0 Å². The van der Waals surface area contributed by atoms with E-state index in [2.05, 4.69) is 11.0 Å². The van der Waals surface area contributed by atoms with E-state index in [4.69, 9.17) is 0 Å². The molecule has 3 nitrogen and oxygen atoms in total. The molecule has 2 unspecified atom stereocenters. The Morgan fingerprint density at radius 1 is 1.41 bits per heavy atom. The van der Waals surface area contributed by atoms with Crippen molar-refractivity contribution in [1.29, 1.82) is 0 Å². The minimum absolute atomic E-state index is 0.221. The fraction of sp³-hybridized carbons (Fsp3) is 0.571. The lowest BCUT2D eigenvalue weighted by molar-refractivity contribution is 0.113. The second-order valence-electron chi connectivity index (χ2n) is 5.08. The molecule has 3 heteroatoms. The van der Waals surface area contributed by atoms with Gasteiger partial charge in [0.25, 0.3) is 0 Å². The van der Waals surface area contributed by atoms with Crippen LogP contribution < -0.4 is 0 Å². The lowest BCUT2D eigenvalue weighted by Gasteiger charge is -2.21. The van der Waals surface area contributed by atoms with Crippen molar-refractivity contribution in [3.05, 3.63) is 34.9 Å². The molecule has 0 spiro atoms. The van der Waals surface area contributed by atoms with E-state index < -0.39 is 6.10 Å². The van der Waals surface area contributed by atoms with Crippen LogP contribution in [0, 0.1) is 13.8 Å². The van der Waals surface area contributed by atoms with Crippen LogP contribution in [0.2, 0.25) is 0 Å². The Kier molecular flexibility index (Phi) is 3.82. The van der Waals surface area contributed by atoms with Gasteiger partial charge in [-0.3, -0.25) is 4.90 Å². The first-order valence-electron chi connectivity index (χ1n) is 6.22. The van der Waals surface area contributed by atoms with Crippen molar-refractivity contribution < 1.29 is 10.2 Å². The van der Waals surface area contributed by atoms with E-state index in [-0.39, 0.29) is 6.10 Å². The second-order valence-corrected chi connectivity index (χ2v) is 5.08. The van der Waals surface area contributed by atoms with E-state index in [1.54, 1.807) is 0 Å². The Morgan fingerprint density at radius 2 is 2.18 bits per heavy atom. The molecular weight excluding hydrogens is 214 g/mol. The van der Waals surface area contributed by atoms with Crippen LogP contribution in [0.15, 0.2) is 18.2 Å². The maximum atomic E-state index is 10.2.